The maximum absolute atomic E-state index is 12.2. The molecule has 7 nitrogen and oxygen atoms in total. The highest BCUT2D eigenvalue weighted by Crippen LogP contribution is 2.18. The van der Waals surface area contributed by atoms with E-state index in [1.165, 1.54) is 12.1 Å². The van der Waals surface area contributed by atoms with Gasteiger partial charge in [0.15, 0.2) is 5.96 Å². The van der Waals surface area contributed by atoms with Crippen LogP contribution in [0.4, 0.5) is 8.78 Å². The number of aromatic nitrogens is 2. The van der Waals surface area contributed by atoms with Crippen molar-refractivity contribution in [2.45, 2.75) is 26.2 Å². The number of guanidine groups is 1. The highest BCUT2D eigenvalue weighted by molar-refractivity contribution is 5.79. The van der Waals surface area contributed by atoms with Gasteiger partial charge in [-0.15, -0.1) is 0 Å². The summed E-state index contributed by atoms with van der Waals surface area (Å²) in [5.41, 5.74) is 1.54. The lowest BCUT2D eigenvalue weighted by atomic mass is 10.1. The molecule has 3 N–H and O–H groups in total. The van der Waals surface area contributed by atoms with E-state index in [9.17, 15) is 13.9 Å². The van der Waals surface area contributed by atoms with E-state index in [2.05, 4.69) is 25.5 Å². The summed E-state index contributed by atoms with van der Waals surface area (Å²) in [4.78, 5) is 4.45. The molecule has 0 fully saturated rings. The van der Waals surface area contributed by atoms with Gasteiger partial charge in [0, 0.05) is 26.3 Å². The van der Waals surface area contributed by atoms with Crippen molar-refractivity contribution < 1.29 is 18.6 Å². The van der Waals surface area contributed by atoms with Crippen LogP contribution in [0.2, 0.25) is 0 Å². The van der Waals surface area contributed by atoms with Crippen LogP contribution in [0.25, 0.3) is 0 Å². The van der Waals surface area contributed by atoms with Gasteiger partial charge in [-0.1, -0.05) is 12.1 Å². The van der Waals surface area contributed by atoms with Crippen LogP contribution in [0.3, 0.4) is 0 Å². The minimum atomic E-state index is -2.87. The number of nitrogens with one attached hydrogen (secondary N) is 2. The lowest BCUT2D eigenvalue weighted by Crippen LogP contribution is -2.39. The van der Waals surface area contributed by atoms with Gasteiger partial charge in [0.05, 0.1) is 18.3 Å². The number of hydrogen-bond donors (Lipinski definition) is 3. The number of aliphatic hydroxyl groups is 1. The van der Waals surface area contributed by atoms with Crippen molar-refractivity contribution in [2.24, 2.45) is 12.0 Å². The normalized spacial score (nSPS) is 12.9. The second kappa shape index (κ2) is 9.71. The highest BCUT2D eigenvalue weighted by Gasteiger charge is 2.10. The summed E-state index contributed by atoms with van der Waals surface area (Å²) in [6.07, 6.45) is 0.882. The number of benzene rings is 1. The summed E-state index contributed by atoms with van der Waals surface area (Å²) >= 11 is 0. The Balaban J connectivity index is 1.91. The number of nitrogens with zero attached hydrogens (tertiary/aromatic N) is 3. The first-order chi connectivity index (χ1) is 12.5. The molecule has 0 bridgehead atoms. The Morgan fingerprint density at radius 2 is 2.00 bits per heavy atom. The standard InChI is InChI=1S/C17H23F2N5O2/c1-3-20-17(21-10-13-8-9-23-24(13)2)22-11-15(25)12-4-6-14(7-5-12)26-16(18)19/h4-9,15-16,25H,3,10-11H2,1-2H3,(H2,20,21,22). The van der Waals surface area contributed by atoms with E-state index in [0.29, 0.717) is 24.6 Å². The largest absolute Gasteiger partial charge is 0.435 e. The lowest BCUT2D eigenvalue weighted by Gasteiger charge is -2.16. The van der Waals surface area contributed by atoms with Gasteiger partial charge in [-0.25, -0.2) is 4.99 Å². The molecule has 0 saturated heterocycles. The number of aliphatic hydroxyl groups excluding tert-OH is 1. The number of halogens is 2. The lowest BCUT2D eigenvalue weighted by molar-refractivity contribution is -0.0498. The van der Waals surface area contributed by atoms with Gasteiger partial charge in [0.25, 0.3) is 0 Å². The SMILES string of the molecule is CCNC(=NCc1ccnn1C)NCC(O)c1ccc(OC(F)F)cc1. The van der Waals surface area contributed by atoms with Crippen molar-refractivity contribution in [3.8, 4) is 5.75 Å². The number of rotatable bonds is 8. The average molecular weight is 367 g/mol. The first-order valence-corrected chi connectivity index (χ1v) is 8.21. The smallest absolute Gasteiger partial charge is 0.387 e. The third-order valence-corrected chi connectivity index (χ3v) is 3.62. The van der Waals surface area contributed by atoms with Gasteiger partial charge >= 0.3 is 6.61 Å². The van der Waals surface area contributed by atoms with Crippen LogP contribution < -0.4 is 15.4 Å². The van der Waals surface area contributed by atoms with E-state index in [-0.39, 0.29) is 12.3 Å². The molecule has 0 radical (unpaired) electrons. The van der Waals surface area contributed by atoms with Crippen molar-refractivity contribution in [1.29, 1.82) is 0 Å². The second-order valence-electron chi connectivity index (χ2n) is 5.49. The Labute approximate surface area is 150 Å². The number of ether oxygens (including phenoxy) is 1. The minimum absolute atomic E-state index is 0.0509. The molecule has 0 aliphatic carbocycles. The molecule has 1 atom stereocenters. The number of alkyl halides is 2. The fraction of sp³-hybridized carbons (Fsp3) is 0.412. The Morgan fingerprint density at radius 1 is 1.27 bits per heavy atom. The molecular weight excluding hydrogens is 344 g/mol. The minimum Gasteiger partial charge on any atom is -0.435 e. The Hall–Kier alpha value is -2.68. The first-order valence-electron chi connectivity index (χ1n) is 8.21. The Kier molecular flexibility index (Phi) is 7.34. The van der Waals surface area contributed by atoms with Crippen LogP contribution in [-0.2, 0) is 13.6 Å². The van der Waals surface area contributed by atoms with Crippen LogP contribution in [0.5, 0.6) is 5.75 Å². The molecule has 142 valence electrons. The summed E-state index contributed by atoms with van der Waals surface area (Å²) in [5, 5.41) is 20.5. The van der Waals surface area contributed by atoms with E-state index in [4.69, 9.17) is 0 Å². The zero-order valence-electron chi connectivity index (χ0n) is 14.7. The van der Waals surface area contributed by atoms with Crippen molar-refractivity contribution in [3.05, 3.63) is 47.8 Å². The molecule has 2 rings (SSSR count). The summed E-state index contributed by atoms with van der Waals surface area (Å²) < 4.78 is 30.3. The molecule has 0 spiro atoms. The molecule has 0 amide bonds. The molecule has 1 aromatic carbocycles. The zero-order chi connectivity index (χ0) is 18.9. The molecule has 1 unspecified atom stereocenters. The molecule has 1 heterocycles. The predicted octanol–water partition coefficient (Wildman–Crippen LogP) is 1.81. The van der Waals surface area contributed by atoms with Crippen LogP contribution >= 0.6 is 0 Å². The summed E-state index contributed by atoms with van der Waals surface area (Å²) in [6, 6.07) is 7.76. The molecule has 26 heavy (non-hydrogen) atoms. The third-order valence-electron chi connectivity index (χ3n) is 3.62. The average Bonchev–Trinajstić information content (AvgIpc) is 3.02. The van der Waals surface area contributed by atoms with Crippen molar-refractivity contribution in [3.63, 3.8) is 0 Å². The van der Waals surface area contributed by atoms with E-state index >= 15 is 0 Å². The van der Waals surface area contributed by atoms with Crippen molar-refractivity contribution in [1.82, 2.24) is 20.4 Å². The van der Waals surface area contributed by atoms with Gasteiger partial charge in [-0.2, -0.15) is 13.9 Å². The molecular formula is C17H23F2N5O2. The van der Waals surface area contributed by atoms with Crippen LogP contribution in [-0.4, -0.2) is 40.5 Å². The fourth-order valence-corrected chi connectivity index (χ4v) is 2.24. The Bertz CT molecular complexity index is 703. The van der Waals surface area contributed by atoms with E-state index in [1.807, 2.05) is 20.0 Å². The van der Waals surface area contributed by atoms with Crippen LogP contribution in [0.15, 0.2) is 41.5 Å². The zero-order valence-corrected chi connectivity index (χ0v) is 14.7. The summed E-state index contributed by atoms with van der Waals surface area (Å²) in [5.74, 6) is 0.611. The van der Waals surface area contributed by atoms with Gasteiger partial charge < -0.3 is 20.5 Å². The Morgan fingerprint density at radius 3 is 2.58 bits per heavy atom. The van der Waals surface area contributed by atoms with Crippen LogP contribution in [0.1, 0.15) is 24.3 Å². The van der Waals surface area contributed by atoms with E-state index < -0.39 is 12.7 Å². The summed E-state index contributed by atoms with van der Waals surface area (Å²) in [7, 11) is 1.84. The predicted molar refractivity (Wildman–Crippen MR) is 94.1 cm³/mol. The highest BCUT2D eigenvalue weighted by atomic mass is 19.3. The molecule has 0 saturated carbocycles. The van der Waals surface area contributed by atoms with Gasteiger partial charge in [0.1, 0.15) is 5.75 Å². The molecule has 2 aromatic rings. The van der Waals surface area contributed by atoms with Crippen molar-refractivity contribution >= 4 is 5.96 Å². The van der Waals surface area contributed by atoms with E-state index in [1.54, 1.807) is 23.0 Å². The molecule has 0 aliphatic rings. The topological polar surface area (TPSA) is 83.7 Å². The van der Waals surface area contributed by atoms with Gasteiger partial charge in [-0.3, -0.25) is 4.68 Å². The van der Waals surface area contributed by atoms with E-state index in [0.717, 1.165) is 5.69 Å². The molecule has 1 aromatic heterocycles. The third kappa shape index (κ3) is 5.99. The fourth-order valence-electron chi connectivity index (χ4n) is 2.24. The number of aliphatic imine (C=N–C) groups is 1. The second-order valence-corrected chi connectivity index (χ2v) is 5.49. The number of aryl methyl sites for hydroxylation is 1. The monoisotopic (exact) mass is 367 g/mol. The maximum Gasteiger partial charge on any atom is 0.387 e. The van der Waals surface area contributed by atoms with Gasteiger partial charge in [-0.05, 0) is 30.7 Å². The molecule has 9 heteroatoms. The summed E-state index contributed by atoms with van der Waals surface area (Å²) in [6.45, 7) is 0.408. The first kappa shape index (κ1) is 19.6. The van der Waals surface area contributed by atoms with Gasteiger partial charge in [0.2, 0.25) is 0 Å². The van der Waals surface area contributed by atoms with Crippen molar-refractivity contribution in [2.75, 3.05) is 13.1 Å². The quantitative estimate of drug-likeness (QED) is 0.490. The molecule has 0 aliphatic heterocycles. The maximum atomic E-state index is 12.2. The number of hydrogen-bond acceptors (Lipinski definition) is 4. The van der Waals surface area contributed by atoms with Crippen LogP contribution in [0, 0.1) is 0 Å².